The lowest BCUT2D eigenvalue weighted by atomic mass is 9.67. The Balaban J connectivity index is 1.81. The number of nitrogens with zero attached hydrogens (tertiary/aromatic N) is 1. The summed E-state index contributed by atoms with van der Waals surface area (Å²) in [6.07, 6.45) is 4.30. The highest BCUT2D eigenvalue weighted by Crippen LogP contribution is 2.47. The summed E-state index contributed by atoms with van der Waals surface area (Å²) in [7, 11) is 0. The molecule has 29 heavy (non-hydrogen) atoms. The van der Waals surface area contributed by atoms with Gasteiger partial charge in [0.2, 0.25) is 0 Å². The number of allylic oxidation sites excluding steroid dienone is 2. The van der Waals surface area contributed by atoms with E-state index < -0.39 is 0 Å². The minimum Gasteiger partial charge on any atom is -0.490 e. The first-order chi connectivity index (χ1) is 14.1. The number of aliphatic hydroxyl groups excluding tert-OH is 1. The van der Waals surface area contributed by atoms with Crippen molar-refractivity contribution in [1.82, 2.24) is 0 Å². The Hall–Kier alpha value is -2.47. The minimum absolute atomic E-state index is 0.0862. The van der Waals surface area contributed by atoms with E-state index in [0.717, 1.165) is 42.7 Å². The number of aliphatic hydroxyl groups is 1. The molecule has 0 saturated heterocycles. The molecule has 1 unspecified atom stereocenters. The van der Waals surface area contributed by atoms with Crippen molar-refractivity contribution >= 4 is 17.3 Å². The van der Waals surface area contributed by atoms with E-state index in [-0.39, 0.29) is 36.6 Å². The van der Waals surface area contributed by atoms with Crippen LogP contribution in [-0.2, 0) is 9.59 Å². The zero-order chi connectivity index (χ0) is 20.4. The van der Waals surface area contributed by atoms with E-state index in [2.05, 4.69) is 0 Å². The third-order valence-corrected chi connectivity index (χ3v) is 5.89. The lowest BCUT2D eigenvalue weighted by molar-refractivity contribution is -0.122. The average molecular weight is 397 g/mol. The van der Waals surface area contributed by atoms with Gasteiger partial charge in [0.15, 0.2) is 17.3 Å². The molecule has 2 atom stereocenters. The summed E-state index contributed by atoms with van der Waals surface area (Å²) in [6.45, 7) is 2.45. The van der Waals surface area contributed by atoms with Crippen LogP contribution in [0.15, 0.2) is 34.5 Å². The number of benzene rings is 1. The summed E-state index contributed by atoms with van der Waals surface area (Å²) >= 11 is 0. The van der Waals surface area contributed by atoms with Crippen molar-refractivity contribution in [3.63, 3.8) is 0 Å². The predicted octanol–water partition coefficient (Wildman–Crippen LogP) is 3.37. The highest BCUT2D eigenvalue weighted by Gasteiger charge is 2.44. The fourth-order valence-electron chi connectivity index (χ4n) is 4.72. The largest absolute Gasteiger partial charge is 0.490 e. The van der Waals surface area contributed by atoms with Crippen molar-refractivity contribution in [2.75, 3.05) is 19.8 Å². The summed E-state index contributed by atoms with van der Waals surface area (Å²) < 4.78 is 11.4. The van der Waals surface area contributed by atoms with E-state index in [9.17, 15) is 9.59 Å². The van der Waals surface area contributed by atoms with Crippen LogP contribution in [0.3, 0.4) is 0 Å². The van der Waals surface area contributed by atoms with Crippen molar-refractivity contribution in [1.29, 1.82) is 0 Å². The van der Waals surface area contributed by atoms with E-state index in [0.29, 0.717) is 36.5 Å². The number of ether oxygens (including phenoxy) is 2. The smallest absolute Gasteiger partial charge is 0.161 e. The molecule has 1 aromatic carbocycles. The van der Waals surface area contributed by atoms with Gasteiger partial charge in [-0.15, -0.1) is 0 Å². The number of Topliss-reactive ketones (excluding diaryl/α,β-unsaturated/α-hetero) is 2. The van der Waals surface area contributed by atoms with Gasteiger partial charge < -0.3 is 14.6 Å². The van der Waals surface area contributed by atoms with Crippen LogP contribution in [0.25, 0.3) is 0 Å². The van der Waals surface area contributed by atoms with Gasteiger partial charge in [-0.25, -0.2) is 0 Å². The van der Waals surface area contributed by atoms with E-state index in [1.54, 1.807) is 0 Å². The summed E-state index contributed by atoms with van der Waals surface area (Å²) in [6, 6.07) is 5.61. The SMILES string of the molecule is CCOc1cc([C@H]2C3=C(CCCC3=O)N=C3CCCC(=O)C32)ccc1OCCO. The normalized spacial score (nSPS) is 24.0. The first-order valence-electron chi connectivity index (χ1n) is 10.5. The van der Waals surface area contributed by atoms with Gasteiger partial charge in [0.1, 0.15) is 12.4 Å². The Morgan fingerprint density at radius 1 is 1.03 bits per heavy atom. The molecule has 0 bridgehead atoms. The molecule has 154 valence electrons. The molecule has 0 radical (unpaired) electrons. The average Bonchev–Trinajstić information content (AvgIpc) is 2.72. The van der Waals surface area contributed by atoms with E-state index in [1.165, 1.54) is 0 Å². The van der Waals surface area contributed by atoms with Crippen LogP contribution in [0.2, 0.25) is 0 Å². The molecule has 1 fully saturated rings. The summed E-state index contributed by atoms with van der Waals surface area (Å²) in [5.74, 6) is 0.733. The van der Waals surface area contributed by atoms with Crippen LogP contribution >= 0.6 is 0 Å². The maximum absolute atomic E-state index is 12.9. The second-order valence-corrected chi connectivity index (χ2v) is 7.73. The van der Waals surface area contributed by atoms with Crippen molar-refractivity contribution < 1.29 is 24.2 Å². The Kier molecular flexibility index (Phi) is 5.81. The Labute approximate surface area is 170 Å². The topological polar surface area (TPSA) is 85.2 Å². The number of rotatable bonds is 6. The second-order valence-electron chi connectivity index (χ2n) is 7.73. The molecule has 0 amide bonds. The molecule has 2 aliphatic carbocycles. The molecule has 3 aliphatic rings. The van der Waals surface area contributed by atoms with Gasteiger partial charge in [-0.2, -0.15) is 0 Å². The number of ketones is 2. The fourth-order valence-corrected chi connectivity index (χ4v) is 4.72. The highest BCUT2D eigenvalue weighted by molar-refractivity contribution is 6.12. The fraction of sp³-hybridized carbons (Fsp3) is 0.522. The molecule has 1 aromatic rings. The maximum atomic E-state index is 12.9. The number of carbonyl (C=O) groups is 2. The first-order valence-corrected chi connectivity index (χ1v) is 10.5. The molecular weight excluding hydrogens is 370 g/mol. The lowest BCUT2D eigenvalue weighted by Crippen LogP contribution is -2.39. The molecule has 1 heterocycles. The monoisotopic (exact) mass is 397 g/mol. The summed E-state index contributed by atoms with van der Waals surface area (Å²) in [4.78, 5) is 30.6. The zero-order valence-corrected chi connectivity index (χ0v) is 16.8. The Morgan fingerprint density at radius 3 is 2.66 bits per heavy atom. The number of hydrogen-bond donors (Lipinski definition) is 1. The Morgan fingerprint density at radius 2 is 1.86 bits per heavy atom. The van der Waals surface area contributed by atoms with Gasteiger partial charge in [-0.05, 0) is 50.3 Å². The quantitative estimate of drug-likeness (QED) is 0.795. The van der Waals surface area contributed by atoms with Gasteiger partial charge >= 0.3 is 0 Å². The molecule has 0 spiro atoms. The number of carbonyl (C=O) groups excluding carboxylic acids is 2. The van der Waals surface area contributed by atoms with Gasteiger partial charge in [0, 0.05) is 35.7 Å². The van der Waals surface area contributed by atoms with Crippen molar-refractivity contribution in [2.45, 2.75) is 51.4 Å². The van der Waals surface area contributed by atoms with Crippen molar-refractivity contribution in [2.24, 2.45) is 10.9 Å². The second kappa shape index (κ2) is 8.49. The van der Waals surface area contributed by atoms with Crippen molar-refractivity contribution in [3.05, 3.63) is 35.0 Å². The van der Waals surface area contributed by atoms with Crippen LogP contribution in [0.4, 0.5) is 0 Å². The van der Waals surface area contributed by atoms with Gasteiger partial charge in [-0.3, -0.25) is 14.6 Å². The number of fused-ring (bicyclic) bond motifs is 1. The van der Waals surface area contributed by atoms with Crippen LogP contribution in [0.5, 0.6) is 11.5 Å². The van der Waals surface area contributed by atoms with Crippen LogP contribution in [0, 0.1) is 5.92 Å². The van der Waals surface area contributed by atoms with Gasteiger partial charge in [0.25, 0.3) is 0 Å². The van der Waals surface area contributed by atoms with E-state index >= 15 is 0 Å². The standard InChI is InChI=1S/C23H27NO5/c1-2-28-20-13-14(9-10-19(20)29-12-11-25)21-22-15(5-3-7-17(22)26)24-16-6-4-8-18(27)23(16)21/h9-10,13,21-22,25H,2-8,11-12H2,1H3/t21-,22?/m1/s1. The number of hydrogen-bond acceptors (Lipinski definition) is 6. The zero-order valence-electron chi connectivity index (χ0n) is 16.8. The van der Waals surface area contributed by atoms with Gasteiger partial charge in [0.05, 0.1) is 19.1 Å². The molecule has 6 nitrogen and oxygen atoms in total. The maximum Gasteiger partial charge on any atom is 0.161 e. The van der Waals surface area contributed by atoms with Crippen LogP contribution < -0.4 is 9.47 Å². The van der Waals surface area contributed by atoms with E-state index in [4.69, 9.17) is 19.6 Å². The molecule has 4 rings (SSSR count). The highest BCUT2D eigenvalue weighted by atomic mass is 16.5. The van der Waals surface area contributed by atoms with Crippen LogP contribution in [0.1, 0.15) is 56.9 Å². The summed E-state index contributed by atoms with van der Waals surface area (Å²) in [5.41, 5.74) is 3.40. The number of aliphatic imine (C=N–C) groups is 1. The van der Waals surface area contributed by atoms with Crippen LogP contribution in [-0.4, -0.2) is 42.2 Å². The molecule has 6 heteroatoms. The van der Waals surface area contributed by atoms with Gasteiger partial charge in [-0.1, -0.05) is 6.07 Å². The first kappa shape index (κ1) is 19.8. The Bertz CT molecular complexity index is 885. The molecule has 0 aromatic heterocycles. The molecule has 1 N–H and O–H groups in total. The van der Waals surface area contributed by atoms with E-state index in [1.807, 2.05) is 25.1 Å². The third kappa shape index (κ3) is 3.73. The van der Waals surface area contributed by atoms with Crippen molar-refractivity contribution in [3.8, 4) is 11.5 Å². The minimum atomic E-state index is -0.358. The molecule has 1 saturated carbocycles. The molecular formula is C23H27NO5. The predicted molar refractivity (Wildman–Crippen MR) is 109 cm³/mol. The lowest BCUT2D eigenvalue weighted by Gasteiger charge is -2.38. The molecule has 1 aliphatic heterocycles. The summed E-state index contributed by atoms with van der Waals surface area (Å²) in [5, 5.41) is 9.06. The third-order valence-electron chi connectivity index (χ3n) is 5.89.